The van der Waals surface area contributed by atoms with Crippen molar-refractivity contribution in [2.45, 2.75) is 43.8 Å². The minimum Gasteiger partial charge on any atom is -0.490 e. The number of ether oxygens (including phenoxy) is 1. The molecule has 24 heavy (non-hydrogen) atoms. The molecule has 2 fully saturated rings. The maximum Gasteiger partial charge on any atom is 0.240 e. The Bertz CT molecular complexity index is 660. The van der Waals surface area contributed by atoms with Crippen LogP contribution in [0.25, 0.3) is 0 Å². The third-order valence-corrected chi connectivity index (χ3v) is 4.92. The minimum atomic E-state index is -0.275. The van der Waals surface area contributed by atoms with Gasteiger partial charge in [0.05, 0.1) is 17.1 Å². The Morgan fingerprint density at radius 1 is 1.46 bits per heavy atom. The van der Waals surface area contributed by atoms with Crippen molar-refractivity contribution in [3.63, 3.8) is 0 Å². The Hall–Kier alpha value is -1.97. The van der Waals surface area contributed by atoms with Crippen molar-refractivity contribution in [3.05, 3.63) is 23.2 Å². The van der Waals surface area contributed by atoms with Gasteiger partial charge in [-0.25, -0.2) is 0 Å². The molecule has 2 aliphatic heterocycles. The Labute approximate surface area is 146 Å². The number of hydrogen-bond donors (Lipinski definition) is 2. The van der Waals surface area contributed by atoms with Crippen LogP contribution in [-0.2, 0) is 4.79 Å². The fraction of sp³-hybridized carbons (Fsp3) is 0.529. The zero-order valence-corrected chi connectivity index (χ0v) is 14.1. The molecule has 1 aromatic carbocycles. The van der Waals surface area contributed by atoms with Crippen molar-refractivity contribution < 1.29 is 9.53 Å². The molecule has 0 aromatic heterocycles. The SMILES string of the molecule is N#CC1CCCN1C(=O)[C@@H]1CC[C@H](COc2ccc(N)cc2Cl)N1. The highest BCUT2D eigenvalue weighted by Crippen LogP contribution is 2.27. The second kappa shape index (κ2) is 7.29. The number of nitrogen functional groups attached to an aromatic ring is 1. The number of anilines is 1. The number of rotatable bonds is 4. The number of carbonyl (C=O) groups is 1. The molecule has 2 heterocycles. The van der Waals surface area contributed by atoms with Crippen LogP contribution in [0.2, 0.25) is 5.02 Å². The topological polar surface area (TPSA) is 91.4 Å². The van der Waals surface area contributed by atoms with E-state index in [0.29, 0.717) is 29.6 Å². The summed E-state index contributed by atoms with van der Waals surface area (Å²) in [4.78, 5) is 14.3. The van der Waals surface area contributed by atoms with Gasteiger partial charge in [-0.05, 0) is 43.9 Å². The summed E-state index contributed by atoms with van der Waals surface area (Å²) in [5.41, 5.74) is 6.25. The Morgan fingerprint density at radius 3 is 3.04 bits per heavy atom. The van der Waals surface area contributed by atoms with Crippen molar-refractivity contribution in [2.24, 2.45) is 0 Å². The largest absolute Gasteiger partial charge is 0.490 e. The zero-order chi connectivity index (χ0) is 17.1. The lowest BCUT2D eigenvalue weighted by atomic mass is 10.1. The summed E-state index contributed by atoms with van der Waals surface area (Å²) in [6, 6.07) is 6.95. The van der Waals surface area contributed by atoms with E-state index in [1.165, 1.54) is 0 Å². The van der Waals surface area contributed by atoms with Gasteiger partial charge in [0.2, 0.25) is 5.91 Å². The number of nitriles is 1. The fourth-order valence-electron chi connectivity index (χ4n) is 3.33. The molecule has 1 unspecified atom stereocenters. The van der Waals surface area contributed by atoms with Crippen molar-refractivity contribution >= 4 is 23.2 Å². The summed E-state index contributed by atoms with van der Waals surface area (Å²) in [6.45, 7) is 1.12. The maximum absolute atomic E-state index is 12.6. The lowest BCUT2D eigenvalue weighted by molar-refractivity contribution is -0.133. The summed E-state index contributed by atoms with van der Waals surface area (Å²) in [5.74, 6) is 0.624. The highest BCUT2D eigenvalue weighted by Gasteiger charge is 2.36. The molecule has 2 aliphatic rings. The molecule has 1 amide bonds. The van der Waals surface area contributed by atoms with Crippen LogP contribution in [0.1, 0.15) is 25.7 Å². The summed E-state index contributed by atoms with van der Waals surface area (Å²) in [7, 11) is 0. The fourth-order valence-corrected chi connectivity index (χ4v) is 3.58. The Kier molecular flexibility index (Phi) is 5.12. The third-order valence-electron chi connectivity index (χ3n) is 4.62. The first kappa shape index (κ1) is 16.9. The number of amides is 1. The first-order chi connectivity index (χ1) is 11.6. The second-order valence-electron chi connectivity index (χ2n) is 6.31. The predicted molar refractivity (Wildman–Crippen MR) is 91.7 cm³/mol. The van der Waals surface area contributed by atoms with Crippen molar-refractivity contribution in [2.75, 3.05) is 18.9 Å². The number of hydrogen-bond acceptors (Lipinski definition) is 5. The van der Waals surface area contributed by atoms with E-state index in [1.807, 2.05) is 0 Å². The molecule has 1 aromatic rings. The van der Waals surface area contributed by atoms with E-state index in [2.05, 4.69) is 11.4 Å². The quantitative estimate of drug-likeness (QED) is 0.811. The second-order valence-corrected chi connectivity index (χ2v) is 6.72. The highest BCUT2D eigenvalue weighted by molar-refractivity contribution is 6.32. The smallest absolute Gasteiger partial charge is 0.240 e. The van der Waals surface area contributed by atoms with Gasteiger partial charge in [-0.2, -0.15) is 5.26 Å². The van der Waals surface area contributed by atoms with Gasteiger partial charge in [0, 0.05) is 18.3 Å². The van der Waals surface area contributed by atoms with Crippen LogP contribution in [0.4, 0.5) is 5.69 Å². The van der Waals surface area contributed by atoms with Crippen LogP contribution in [0.3, 0.4) is 0 Å². The van der Waals surface area contributed by atoms with E-state index >= 15 is 0 Å². The van der Waals surface area contributed by atoms with Crippen LogP contribution in [-0.4, -0.2) is 42.1 Å². The summed E-state index contributed by atoms with van der Waals surface area (Å²) < 4.78 is 5.74. The van der Waals surface area contributed by atoms with E-state index in [1.54, 1.807) is 23.1 Å². The molecule has 7 heteroatoms. The molecule has 0 radical (unpaired) electrons. The molecule has 0 aliphatic carbocycles. The number of carbonyl (C=O) groups excluding carboxylic acids is 1. The lowest BCUT2D eigenvalue weighted by Gasteiger charge is -2.24. The number of benzene rings is 1. The number of nitrogens with two attached hydrogens (primary N) is 1. The molecule has 3 atom stereocenters. The van der Waals surface area contributed by atoms with Crippen LogP contribution < -0.4 is 15.8 Å². The van der Waals surface area contributed by atoms with Gasteiger partial charge in [-0.15, -0.1) is 0 Å². The van der Waals surface area contributed by atoms with E-state index in [-0.39, 0.29) is 24.0 Å². The number of halogens is 1. The van der Waals surface area contributed by atoms with E-state index < -0.39 is 0 Å². The van der Waals surface area contributed by atoms with Crippen molar-refractivity contribution in [1.29, 1.82) is 5.26 Å². The summed E-state index contributed by atoms with van der Waals surface area (Å²) in [6.07, 6.45) is 3.29. The maximum atomic E-state index is 12.6. The van der Waals surface area contributed by atoms with E-state index in [4.69, 9.17) is 27.3 Å². The van der Waals surface area contributed by atoms with Crippen LogP contribution >= 0.6 is 11.6 Å². The summed E-state index contributed by atoms with van der Waals surface area (Å²) >= 11 is 6.10. The van der Waals surface area contributed by atoms with Crippen LogP contribution in [0.5, 0.6) is 5.75 Å². The minimum absolute atomic E-state index is 0.0343. The van der Waals surface area contributed by atoms with Gasteiger partial charge >= 0.3 is 0 Å². The van der Waals surface area contributed by atoms with Crippen LogP contribution in [0, 0.1) is 11.3 Å². The third kappa shape index (κ3) is 3.58. The Morgan fingerprint density at radius 2 is 2.29 bits per heavy atom. The van der Waals surface area contributed by atoms with Gasteiger partial charge in [0.1, 0.15) is 18.4 Å². The molecule has 3 N–H and O–H groups in total. The van der Waals surface area contributed by atoms with Crippen LogP contribution in [0.15, 0.2) is 18.2 Å². The van der Waals surface area contributed by atoms with E-state index in [9.17, 15) is 4.79 Å². The van der Waals surface area contributed by atoms with E-state index in [0.717, 1.165) is 25.7 Å². The summed E-state index contributed by atoms with van der Waals surface area (Å²) in [5, 5.41) is 12.9. The number of likely N-dealkylation sites (tertiary alicyclic amines) is 1. The molecule has 0 saturated carbocycles. The molecule has 2 saturated heterocycles. The molecular formula is C17H21ClN4O2. The average Bonchev–Trinajstić information content (AvgIpc) is 3.22. The highest BCUT2D eigenvalue weighted by atomic mass is 35.5. The van der Waals surface area contributed by atoms with Gasteiger partial charge in [-0.1, -0.05) is 11.6 Å². The molecule has 6 nitrogen and oxygen atoms in total. The molecule has 0 spiro atoms. The molecule has 0 bridgehead atoms. The predicted octanol–water partition coefficient (Wildman–Crippen LogP) is 1.94. The monoisotopic (exact) mass is 348 g/mol. The Balaban J connectivity index is 1.52. The first-order valence-corrected chi connectivity index (χ1v) is 8.60. The van der Waals surface area contributed by atoms with Crippen molar-refractivity contribution in [3.8, 4) is 11.8 Å². The van der Waals surface area contributed by atoms with Gasteiger partial charge < -0.3 is 15.4 Å². The molecular weight excluding hydrogens is 328 g/mol. The normalized spacial score (nSPS) is 26.3. The van der Waals surface area contributed by atoms with Gasteiger partial charge in [-0.3, -0.25) is 10.1 Å². The number of nitrogens with one attached hydrogen (secondary N) is 1. The molecule has 128 valence electrons. The lowest BCUT2D eigenvalue weighted by Crippen LogP contribution is -2.47. The number of nitrogens with zero attached hydrogens (tertiary/aromatic N) is 2. The molecule has 3 rings (SSSR count). The standard InChI is InChI=1S/C17H21ClN4O2/c18-14-8-11(20)3-6-16(14)24-10-12-4-5-15(21-12)17(23)22-7-1-2-13(22)9-19/h3,6,8,12-13,15,21H,1-2,4-5,7,10,20H2/t12-,13?,15+/m1/s1. The first-order valence-electron chi connectivity index (χ1n) is 8.22. The average molecular weight is 349 g/mol. The zero-order valence-electron chi connectivity index (χ0n) is 13.4. The van der Waals surface area contributed by atoms with Gasteiger partial charge in [0.25, 0.3) is 0 Å². The van der Waals surface area contributed by atoms with Gasteiger partial charge in [0.15, 0.2) is 0 Å². The van der Waals surface area contributed by atoms with Crippen molar-refractivity contribution in [1.82, 2.24) is 10.2 Å².